The van der Waals surface area contributed by atoms with Crippen LogP contribution < -0.4 is 11.1 Å². The third-order valence-electron chi connectivity index (χ3n) is 3.11. The summed E-state index contributed by atoms with van der Waals surface area (Å²) in [5.41, 5.74) is 7.76. The van der Waals surface area contributed by atoms with Gasteiger partial charge in [0.05, 0.1) is 11.9 Å². The van der Waals surface area contributed by atoms with Crippen molar-refractivity contribution in [3.8, 4) is 6.07 Å². The van der Waals surface area contributed by atoms with Crippen molar-refractivity contribution in [1.82, 2.24) is 9.97 Å². The lowest BCUT2D eigenvalue weighted by Gasteiger charge is -2.13. The van der Waals surface area contributed by atoms with Crippen LogP contribution in [0.15, 0.2) is 35.6 Å². The molecule has 0 spiro atoms. The molecule has 0 aliphatic rings. The zero-order valence-electron chi connectivity index (χ0n) is 12.9. The smallest absolute Gasteiger partial charge is 0.234 e. The third kappa shape index (κ3) is 4.44. The molecule has 0 aliphatic heterocycles. The van der Waals surface area contributed by atoms with Crippen LogP contribution in [0.4, 0.5) is 11.5 Å². The molecule has 0 saturated carbocycles. The van der Waals surface area contributed by atoms with Gasteiger partial charge in [-0.15, -0.1) is 0 Å². The van der Waals surface area contributed by atoms with E-state index in [1.54, 1.807) is 0 Å². The van der Waals surface area contributed by atoms with Gasteiger partial charge < -0.3 is 11.1 Å². The van der Waals surface area contributed by atoms with Crippen LogP contribution in [0, 0.1) is 11.3 Å². The Morgan fingerprint density at radius 2 is 2.17 bits per heavy atom. The van der Waals surface area contributed by atoms with Crippen LogP contribution in [-0.2, 0) is 4.79 Å². The van der Waals surface area contributed by atoms with E-state index in [1.165, 1.54) is 18.0 Å². The molecule has 3 N–H and O–H groups in total. The lowest BCUT2D eigenvalue weighted by Crippen LogP contribution is -2.16. The predicted molar refractivity (Wildman–Crippen MR) is 91.0 cm³/mol. The van der Waals surface area contributed by atoms with Gasteiger partial charge in [0.2, 0.25) is 5.91 Å². The molecule has 0 unspecified atom stereocenters. The lowest BCUT2D eigenvalue weighted by atomic mass is 10.0. The monoisotopic (exact) mass is 327 g/mol. The molecule has 0 bridgehead atoms. The van der Waals surface area contributed by atoms with E-state index in [2.05, 4.69) is 29.1 Å². The average Bonchev–Trinajstić information content (AvgIpc) is 2.53. The summed E-state index contributed by atoms with van der Waals surface area (Å²) in [7, 11) is 0. The summed E-state index contributed by atoms with van der Waals surface area (Å²) >= 11 is 1.17. The molecule has 1 heterocycles. The summed E-state index contributed by atoms with van der Waals surface area (Å²) in [5.74, 6) is 0.462. The minimum Gasteiger partial charge on any atom is -0.382 e. The maximum Gasteiger partial charge on any atom is 0.234 e. The van der Waals surface area contributed by atoms with Gasteiger partial charge >= 0.3 is 0 Å². The number of nitrogens with zero attached hydrogens (tertiary/aromatic N) is 3. The van der Waals surface area contributed by atoms with Crippen molar-refractivity contribution in [2.45, 2.75) is 24.9 Å². The Morgan fingerprint density at radius 1 is 1.43 bits per heavy atom. The highest BCUT2D eigenvalue weighted by atomic mass is 32.2. The van der Waals surface area contributed by atoms with E-state index in [-0.39, 0.29) is 23.0 Å². The van der Waals surface area contributed by atoms with Crippen LogP contribution in [-0.4, -0.2) is 21.6 Å². The number of hydrogen-bond acceptors (Lipinski definition) is 6. The van der Waals surface area contributed by atoms with Gasteiger partial charge in [0.25, 0.3) is 0 Å². The number of carbonyl (C=O) groups excluding carboxylic acids is 1. The standard InChI is InChI=1S/C16H17N5OS/c1-10(2)12-5-3-4-6-13(12)20-14(22)9-23-16-19-8-11(7-17)15(18)21-16/h3-6,8,10H,9H2,1-2H3,(H,20,22)(H2,18,19,21). The molecule has 2 rings (SSSR count). The number of anilines is 2. The quantitative estimate of drug-likeness (QED) is 0.646. The zero-order valence-corrected chi connectivity index (χ0v) is 13.7. The van der Waals surface area contributed by atoms with E-state index in [0.717, 1.165) is 11.3 Å². The van der Waals surface area contributed by atoms with Gasteiger partial charge in [-0.25, -0.2) is 9.97 Å². The normalized spacial score (nSPS) is 10.3. The number of rotatable bonds is 5. The van der Waals surface area contributed by atoms with Crippen molar-refractivity contribution < 1.29 is 4.79 Å². The molecule has 23 heavy (non-hydrogen) atoms. The topological polar surface area (TPSA) is 105 Å². The second-order valence-electron chi connectivity index (χ2n) is 5.14. The molecule has 0 atom stereocenters. The molecule has 0 fully saturated rings. The Hall–Kier alpha value is -2.59. The van der Waals surface area contributed by atoms with Crippen LogP contribution in [0.5, 0.6) is 0 Å². The lowest BCUT2D eigenvalue weighted by molar-refractivity contribution is -0.113. The van der Waals surface area contributed by atoms with E-state index in [0.29, 0.717) is 11.1 Å². The summed E-state index contributed by atoms with van der Waals surface area (Å²) in [4.78, 5) is 20.1. The van der Waals surface area contributed by atoms with Gasteiger partial charge in [0, 0.05) is 5.69 Å². The minimum absolute atomic E-state index is 0.121. The largest absolute Gasteiger partial charge is 0.382 e. The van der Waals surface area contributed by atoms with Crippen molar-refractivity contribution in [3.05, 3.63) is 41.6 Å². The second kappa shape index (κ2) is 7.61. The first-order valence-corrected chi connectivity index (χ1v) is 8.04. The van der Waals surface area contributed by atoms with Crippen LogP contribution in [0.25, 0.3) is 0 Å². The van der Waals surface area contributed by atoms with Crippen molar-refractivity contribution in [2.24, 2.45) is 0 Å². The van der Waals surface area contributed by atoms with Crippen molar-refractivity contribution in [2.75, 3.05) is 16.8 Å². The Bertz CT molecular complexity index is 754. The van der Waals surface area contributed by atoms with Crippen molar-refractivity contribution in [3.63, 3.8) is 0 Å². The number of hydrogen-bond donors (Lipinski definition) is 2. The highest BCUT2D eigenvalue weighted by Crippen LogP contribution is 2.24. The highest BCUT2D eigenvalue weighted by molar-refractivity contribution is 7.99. The Kier molecular flexibility index (Phi) is 5.55. The van der Waals surface area contributed by atoms with Gasteiger partial charge in [-0.3, -0.25) is 4.79 Å². The molecule has 118 valence electrons. The molecular formula is C16H17N5OS. The summed E-state index contributed by atoms with van der Waals surface area (Å²) in [6.07, 6.45) is 1.36. The van der Waals surface area contributed by atoms with E-state index in [1.807, 2.05) is 30.3 Å². The number of nitriles is 1. The fourth-order valence-corrected chi connectivity index (χ4v) is 2.59. The van der Waals surface area contributed by atoms with Gasteiger partial charge in [-0.1, -0.05) is 43.8 Å². The van der Waals surface area contributed by atoms with Gasteiger partial charge in [0.1, 0.15) is 17.5 Å². The summed E-state index contributed by atoms with van der Waals surface area (Å²) < 4.78 is 0. The fourth-order valence-electron chi connectivity index (χ4n) is 1.96. The first kappa shape index (κ1) is 16.8. The number of nitrogen functional groups attached to an aromatic ring is 1. The van der Waals surface area contributed by atoms with Crippen LogP contribution in [0.2, 0.25) is 0 Å². The van der Waals surface area contributed by atoms with Gasteiger partial charge in [-0.05, 0) is 17.5 Å². The minimum atomic E-state index is -0.144. The summed E-state index contributed by atoms with van der Waals surface area (Å²) in [6, 6.07) is 9.62. The first-order chi connectivity index (χ1) is 11.0. The Balaban J connectivity index is 1.98. The average molecular weight is 327 g/mol. The van der Waals surface area contributed by atoms with E-state index in [4.69, 9.17) is 11.0 Å². The van der Waals surface area contributed by atoms with Crippen LogP contribution in [0.3, 0.4) is 0 Å². The molecule has 0 saturated heterocycles. The van der Waals surface area contributed by atoms with E-state index in [9.17, 15) is 4.79 Å². The summed E-state index contributed by atoms with van der Waals surface area (Å²) in [5, 5.41) is 12.1. The first-order valence-electron chi connectivity index (χ1n) is 7.05. The zero-order chi connectivity index (χ0) is 16.8. The molecular weight excluding hydrogens is 310 g/mol. The fraction of sp³-hybridized carbons (Fsp3) is 0.250. The van der Waals surface area contributed by atoms with E-state index >= 15 is 0 Å². The number of nitrogens with one attached hydrogen (secondary N) is 1. The highest BCUT2D eigenvalue weighted by Gasteiger charge is 2.11. The molecule has 1 aromatic heterocycles. The molecule has 6 nitrogen and oxygen atoms in total. The number of nitrogens with two attached hydrogens (primary N) is 1. The SMILES string of the molecule is CC(C)c1ccccc1NC(=O)CSc1ncc(C#N)c(N)n1. The van der Waals surface area contributed by atoms with Gasteiger partial charge in [-0.2, -0.15) is 5.26 Å². The van der Waals surface area contributed by atoms with Crippen LogP contribution >= 0.6 is 11.8 Å². The number of thioether (sulfide) groups is 1. The Morgan fingerprint density at radius 3 is 2.83 bits per heavy atom. The molecule has 1 aromatic carbocycles. The molecule has 1 amide bonds. The number of benzene rings is 1. The van der Waals surface area contributed by atoms with Crippen LogP contribution in [0.1, 0.15) is 30.9 Å². The predicted octanol–water partition coefficient (Wildman–Crippen LogP) is 2.78. The maximum absolute atomic E-state index is 12.1. The van der Waals surface area contributed by atoms with Crippen molar-refractivity contribution >= 4 is 29.2 Å². The molecule has 0 aliphatic carbocycles. The van der Waals surface area contributed by atoms with Crippen molar-refractivity contribution in [1.29, 1.82) is 5.26 Å². The third-order valence-corrected chi connectivity index (χ3v) is 3.97. The molecule has 7 heteroatoms. The Labute approximate surface area is 139 Å². The number of amides is 1. The number of para-hydroxylation sites is 1. The van der Waals surface area contributed by atoms with E-state index < -0.39 is 0 Å². The number of carbonyl (C=O) groups is 1. The van der Waals surface area contributed by atoms with Gasteiger partial charge in [0.15, 0.2) is 5.16 Å². The second-order valence-corrected chi connectivity index (χ2v) is 6.08. The molecule has 2 aromatic rings. The number of aromatic nitrogens is 2. The molecule has 0 radical (unpaired) electrons. The maximum atomic E-state index is 12.1. The summed E-state index contributed by atoms with van der Waals surface area (Å²) in [6.45, 7) is 4.15.